The predicted octanol–water partition coefficient (Wildman–Crippen LogP) is 1.38. The Morgan fingerprint density at radius 3 is 2.38 bits per heavy atom. The van der Waals surface area contributed by atoms with Crippen molar-refractivity contribution in [2.45, 2.75) is 37.4 Å². The maximum atomic E-state index is 12.0. The third-order valence-corrected chi connectivity index (χ3v) is 5.15. The first-order valence-electron chi connectivity index (χ1n) is 4.97. The third kappa shape index (κ3) is 3.55. The summed E-state index contributed by atoms with van der Waals surface area (Å²) in [5.74, 6) is 0. The summed E-state index contributed by atoms with van der Waals surface area (Å²) in [5.41, 5.74) is 5.97. The molecule has 0 aliphatic carbocycles. The van der Waals surface area contributed by atoms with Crippen LogP contribution in [0.5, 0.6) is 0 Å². The van der Waals surface area contributed by atoms with Crippen molar-refractivity contribution in [2.75, 3.05) is 6.54 Å². The number of nitrogens with two attached hydrogens (primary N) is 1. The second kappa shape index (κ2) is 4.44. The largest absolute Gasteiger partial charge is 0.324 e. The van der Waals surface area contributed by atoms with E-state index in [4.69, 9.17) is 5.73 Å². The summed E-state index contributed by atoms with van der Waals surface area (Å²) >= 11 is 1.28. The van der Waals surface area contributed by atoms with Crippen molar-refractivity contribution in [2.24, 2.45) is 5.73 Å². The number of sulfonamides is 1. The van der Waals surface area contributed by atoms with Crippen LogP contribution in [0.4, 0.5) is 0 Å². The van der Waals surface area contributed by atoms with Crippen molar-refractivity contribution in [1.29, 1.82) is 0 Å². The Morgan fingerprint density at radius 1 is 1.44 bits per heavy atom. The minimum absolute atomic E-state index is 0.228. The average Bonchev–Trinajstić information content (AvgIpc) is 2.42. The van der Waals surface area contributed by atoms with E-state index < -0.39 is 15.6 Å². The van der Waals surface area contributed by atoms with Gasteiger partial charge in [0.1, 0.15) is 4.21 Å². The van der Waals surface area contributed by atoms with E-state index in [9.17, 15) is 8.42 Å². The highest BCUT2D eigenvalue weighted by Crippen LogP contribution is 2.25. The minimum atomic E-state index is -3.41. The molecule has 0 saturated heterocycles. The van der Waals surface area contributed by atoms with Crippen molar-refractivity contribution in [3.8, 4) is 0 Å². The summed E-state index contributed by atoms with van der Waals surface area (Å²) in [7, 11) is -3.41. The molecule has 1 rings (SSSR count). The Kier molecular flexibility index (Phi) is 3.79. The summed E-state index contributed by atoms with van der Waals surface area (Å²) in [4.78, 5) is 0.991. The highest BCUT2D eigenvalue weighted by molar-refractivity contribution is 7.91. The van der Waals surface area contributed by atoms with Gasteiger partial charge in [-0.15, -0.1) is 11.3 Å². The maximum Gasteiger partial charge on any atom is 0.250 e. The van der Waals surface area contributed by atoms with Crippen LogP contribution in [0, 0.1) is 13.8 Å². The molecule has 0 bridgehead atoms. The zero-order valence-electron chi connectivity index (χ0n) is 9.99. The van der Waals surface area contributed by atoms with Gasteiger partial charge in [0.2, 0.25) is 10.0 Å². The van der Waals surface area contributed by atoms with E-state index in [0.29, 0.717) is 4.21 Å². The lowest BCUT2D eigenvalue weighted by Gasteiger charge is -2.18. The standard InChI is InChI=1S/C10H18N2O2S2/c1-7-5-8(2)15-9(7)16(13,14)12-6-10(3,4)11/h5,12H,6,11H2,1-4H3. The number of hydrogen-bond donors (Lipinski definition) is 2. The molecule has 0 spiro atoms. The van der Waals surface area contributed by atoms with Crippen molar-refractivity contribution in [1.82, 2.24) is 4.72 Å². The molecule has 0 aliphatic heterocycles. The first-order chi connectivity index (χ1) is 7.12. The molecule has 0 fully saturated rings. The van der Waals surface area contributed by atoms with Crippen LogP contribution in [0.2, 0.25) is 0 Å². The highest BCUT2D eigenvalue weighted by atomic mass is 32.2. The summed E-state index contributed by atoms with van der Waals surface area (Å²) in [6.07, 6.45) is 0. The summed E-state index contributed by atoms with van der Waals surface area (Å²) in [5, 5.41) is 0. The van der Waals surface area contributed by atoms with Crippen LogP contribution in [0.1, 0.15) is 24.3 Å². The van der Waals surface area contributed by atoms with Crippen LogP contribution in [0.25, 0.3) is 0 Å². The lowest BCUT2D eigenvalue weighted by atomic mass is 10.1. The predicted molar refractivity (Wildman–Crippen MR) is 67.2 cm³/mol. The Balaban J connectivity index is 2.91. The number of aryl methyl sites for hydroxylation is 2. The van der Waals surface area contributed by atoms with E-state index in [1.165, 1.54) is 11.3 Å². The molecule has 4 nitrogen and oxygen atoms in total. The average molecular weight is 262 g/mol. The van der Waals surface area contributed by atoms with Crippen LogP contribution in [-0.4, -0.2) is 20.5 Å². The lowest BCUT2D eigenvalue weighted by Crippen LogP contribution is -2.44. The number of hydrogen-bond acceptors (Lipinski definition) is 4. The first-order valence-corrected chi connectivity index (χ1v) is 7.27. The van der Waals surface area contributed by atoms with Crippen molar-refractivity contribution >= 4 is 21.4 Å². The molecule has 0 atom stereocenters. The van der Waals surface area contributed by atoms with E-state index in [1.54, 1.807) is 20.8 Å². The maximum absolute atomic E-state index is 12.0. The van der Waals surface area contributed by atoms with E-state index in [2.05, 4.69) is 4.72 Å². The number of thiophene rings is 1. The lowest BCUT2D eigenvalue weighted by molar-refractivity contribution is 0.498. The first kappa shape index (κ1) is 13.6. The smallest absolute Gasteiger partial charge is 0.250 e. The molecular weight excluding hydrogens is 244 g/mol. The molecule has 0 unspecified atom stereocenters. The van der Waals surface area contributed by atoms with E-state index in [1.807, 2.05) is 13.0 Å². The summed E-state index contributed by atoms with van der Waals surface area (Å²) < 4.78 is 26.8. The number of rotatable bonds is 4. The fraction of sp³-hybridized carbons (Fsp3) is 0.600. The van der Waals surface area contributed by atoms with E-state index >= 15 is 0 Å². The van der Waals surface area contributed by atoms with Gasteiger partial charge in [-0.25, -0.2) is 13.1 Å². The van der Waals surface area contributed by atoms with Gasteiger partial charge < -0.3 is 5.73 Å². The SMILES string of the molecule is Cc1cc(C)c(S(=O)(=O)NCC(C)(C)N)s1. The fourth-order valence-corrected chi connectivity index (χ4v) is 4.17. The second-order valence-corrected chi connectivity index (χ2v) is 7.86. The van der Waals surface area contributed by atoms with Gasteiger partial charge in [0, 0.05) is 17.0 Å². The van der Waals surface area contributed by atoms with Crippen LogP contribution < -0.4 is 10.5 Å². The van der Waals surface area contributed by atoms with Crippen LogP contribution >= 0.6 is 11.3 Å². The topological polar surface area (TPSA) is 72.2 Å². The fourth-order valence-electron chi connectivity index (χ4n) is 1.23. The van der Waals surface area contributed by atoms with Gasteiger partial charge in [-0.3, -0.25) is 0 Å². The molecule has 1 aromatic heterocycles. The van der Waals surface area contributed by atoms with Crippen molar-refractivity contribution < 1.29 is 8.42 Å². The Bertz CT molecular complexity index is 469. The van der Waals surface area contributed by atoms with Gasteiger partial charge in [-0.1, -0.05) is 0 Å². The molecular formula is C10H18N2O2S2. The summed E-state index contributed by atoms with van der Waals surface area (Å²) in [6.45, 7) is 7.48. The van der Waals surface area contributed by atoms with Gasteiger partial charge in [0.25, 0.3) is 0 Å². The zero-order chi connectivity index (χ0) is 12.6. The Labute approximate surface area is 101 Å². The van der Waals surface area contributed by atoms with Crippen LogP contribution in [0.3, 0.4) is 0 Å². The molecule has 1 heterocycles. The molecule has 0 aliphatic rings. The quantitative estimate of drug-likeness (QED) is 0.861. The van der Waals surface area contributed by atoms with E-state index in [-0.39, 0.29) is 6.54 Å². The second-order valence-electron chi connectivity index (χ2n) is 4.64. The van der Waals surface area contributed by atoms with Crippen molar-refractivity contribution in [3.63, 3.8) is 0 Å². The van der Waals surface area contributed by atoms with Crippen LogP contribution in [0.15, 0.2) is 10.3 Å². The summed E-state index contributed by atoms with van der Waals surface area (Å²) in [6, 6.07) is 1.87. The molecule has 0 amide bonds. The van der Waals surface area contributed by atoms with Crippen molar-refractivity contribution in [3.05, 3.63) is 16.5 Å². The molecule has 0 saturated carbocycles. The normalized spacial score (nSPS) is 13.1. The molecule has 92 valence electrons. The molecule has 0 radical (unpaired) electrons. The Morgan fingerprint density at radius 2 is 2.00 bits per heavy atom. The van der Waals surface area contributed by atoms with Gasteiger partial charge >= 0.3 is 0 Å². The zero-order valence-corrected chi connectivity index (χ0v) is 11.6. The molecule has 16 heavy (non-hydrogen) atoms. The van der Waals surface area contributed by atoms with Gasteiger partial charge in [0.15, 0.2) is 0 Å². The monoisotopic (exact) mass is 262 g/mol. The third-order valence-electron chi connectivity index (χ3n) is 1.96. The number of nitrogens with one attached hydrogen (secondary N) is 1. The highest BCUT2D eigenvalue weighted by Gasteiger charge is 2.22. The Hall–Kier alpha value is -0.430. The van der Waals surface area contributed by atoms with Gasteiger partial charge in [0.05, 0.1) is 0 Å². The molecule has 3 N–H and O–H groups in total. The van der Waals surface area contributed by atoms with Gasteiger partial charge in [-0.05, 0) is 39.3 Å². The van der Waals surface area contributed by atoms with Gasteiger partial charge in [-0.2, -0.15) is 0 Å². The molecule has 6 heteroatoms. The van der Waals surface area contributed by atoms with Crippen LogP contribution in [-0.2, 0) is 10.0 Å². The van der Waals surface area contributed by atoms with E-state index in [0.717, 1.165) is 10.4 Å². The molecule has 1 aromatic rings. The molecule has 0 aromatic carbocycles. The minimum Gasteiger partial charge on any atom is -0.324 e.